The molecule has 0 aliphatic heterocycles. The highest BCUT2D eigenvalue weighted by Gasteiger charge is 2.16. The van der Waals surface area contributed by atoms with E-state index in [1.165, 1.54) is 0 Å². The summed E-state index contributed by atoms with van der Waals surface area (Å²) in [6, 6.07) is 51.6. The molecule has 0 spiro atoms. The molecule has 1 heterocycles. The first kappa shape index (κ1) is 24.3. The van der Waals surface area contributed by atoms with Gasteiger partial charge in [-0.15, -0.1) is 0 Å². The first-order chi connectivity index (χ1) is 20.2. The molecule has 0 fully saturated rings. The van der Waals surface area contributed by atoms with Crippen molar-refractivity contribution in [2.45, 2.75) is 0 Å². The second kappa shape index (κ2) is 10.4. The second-order valence-corrected chi connectivity index (χ2v) is 9.97. The summed E-state index contributed by atoms with van der Waals surface area (Å²) in [5, 5.41) is 9.07. The predicted molar refractivity (Wildman–Crippen MR) is 166 cm³/mol. The fourth-order valence-electron chi connectivity index (χ4n) is 5.21. The van der Waals surface area contributed by atoms with Crippen LogP contribution in [0.15, 0.2) is 150 Å². The Labute approximate surface area is 238 Å². The molecule has 0 saturated carbocycles. The third-order valence-corrected chi connectivity index (χ3v) is 7.36. The zero-order valence-corrected chi connectivity index (χ0v) is 22.2. The summed E-state index contributed by atoms with van der Waals surface area (Å²) in [6.45, 7) is 0. The van der Waals surface area contributed by atoms with Gasteiger partial charge in [-0.3, -0.25) is 0 Å². The summed E-state index contributed by atoms with van der Waals surface area (Å²) in [4.78, 5) is 5.01. The Morgan fingerprint density at radius 2 is 1.00 bits per heavy atom. The average molecular weight is 525 g/mol. The van der Waals surface area contributed by atoms with Gasteiger partial charge in [0.1, 0.15) is 5.52 Å². The fraction of sp³-hybridized carbons (Fsp3) is 0. The van der Waals surface area contributed by atoms with Crippen LogP contribution in [0.3, 0.4) is 0 Å². The molecular formula is C38H24N2O. The molecule has 7 aromatic rings. The van der Waals surface area contributed by atoms with Gasteiger partial charge in [0.15, 0.2) is 5.58 Å². The van der Waals surface area contributed by atoms with Crippen molar-refractivity contribution in [2.24, 2.45) is 0 Å². The number of benzene rings is 6. The van der Waals surface area contributed by atoms with Crippen LogP contribution in [0.4, 0.5) is 0 Å². The van der Waals surface area contributed by atoms with Crippen LogP contribution in [0, 0.1) is 11.3 Å². The Balaban J connectivity index is 1.27. The van der Waals surface area contributed by atoms with Gasteiger partial charge in [-0.1, -0.05) is 109 Å². The maximum Gasteiger partial charge on any atom is 0.227 e. The maximum absolute atomic E-state index is 9.07. The van der Waals surface area contributed by atoms with E-state index in [0.29, 0.717) is 11.5 Å². The van der Waals surface area contributed by atoms with E-state index < -0.39 is 0 Å². The van der Waals surface area contributed by atoms with Gasteiger partial charge >= 0.3 is 0 Å². The van der Waals surface area contributed by atoms with Crippen LogP contribution in [0.5, 0.6) is 0 Å². The van der Waals surface area contributed by atoms with Crippen molar-refractivity contribution in [3.63, 3.8) is 0 Å². The molecule has 41 heavy (non-hydrogen) atoms. The molecule has 0 aliphatic rings. The Morgan fingerprint density at radius 3 is 1.66 bits per heavy atom. The third-order valence-electron chi connectivity index (χ3n) is 7.36. The number of rotatable bonds is 5. The summed E-state index contributed by atoms with van der Waals surface area (Å²) in [5.41, 5.74) is 12.0. The highest BCUT2D eigenvalue weighted by molar-refractivity contribution is 5.96. The molecule has 3 heteroatoms. The van der Waals surface area contributed by atoms with Gasteiger partial charge in [-0.25, -0.2) is 4.98 Å². The lowest BCUT2D eigenvalue weighted by Crippen LogP contribution is -1.85. The van der Waals surface area contributed by atoms with E-state index in [4.69, 9.17) is 14.7 Å². The molecule has 0 atom stereocenters. The van der Waals surface area contributed by atoms with Crippen molar-refractivity contribution in [2.75, 3.05) is 0 Å². The lowest BCUT2D eigenvalue weighted by molar-refractivity contribution is 0.620. The van der Waals surface area contributed by atoms with E-state index in [1.54, 1.807) is 0 Å². The van der Waals surface area contributed by atoms with E-state index >= 15 is 0 Å². The molecular weight excluding hydrogens is 500 g/mol. The zero-order chi connectivity index (χ0) is 27.6. The smallest absolute Gasteiger partial charge is 0.227 e. The summed E-state index contributed by atoms with van der Waals surface area (Å²) in [5.74, 6) is 0.596. The molecule has 1 aromatic heterocycles. The average Bonchev–Trinajstić information content (AvgIpc) is 3.50. The molecule has 0 unspecified atom stereocenters. The molecule has 0 amide bonds. The minimum Gasteiger partial charge on any atom is -0.436 e. The van der Waals surface area contributed by atoms with Crippen LogP contribution in [0.25, 0.3) is 67.1 Å². The number of aromatic nitrogens is 1. The van der Waals surface area contributed by atoms with E-state index in [2.05, 4.69) is 91.0 Å². The van der Waals surface area contributed by atoms with Crippen LogP contribution in [-0.2, 0) is 0 Å². The third kappa shape index (κ3) is 4.80. The minimum absolute atomic E-state index is 0.596. The van der Waals surface area contributed by atoms with Crippen molar-refractivity contribution in [3.05, 3.63) is 151 Å². The topological polar surface area (TPSA) is 49.8 Å². The standard InChI is InChI=1S/C38H24N2O/c39-25-26-14-16-28(17-15-26)29-18-20-30(21-19-29)32-12-7-13-33(22-32)38-40-37-35(31-10-5-2-6-11-31)23-34(24-36(37)41-38)27-8-3-1-4-9-27/h1-24H. The van der Waals surface area contributed by atoms with Crippen molar-refractivity contribution < 1.29 is 4.42 Å². The quantitative estimate of drug-likeness (QED) is 0.225. The second-order valence-electron chi connectivity index (χ2n) is 9.97. The van der Waals surface area contributed by atoms with E-state index in [0.717, 1.165) is 61.2 Å². The highest BCUT2D eigenvalue weighted by Crippen LogP contribution is 2.37. The molecule has 0 aliphatic carbocycles. The van der Waals surface area contributed by atoms with Gasteiger partial charge in [0.25, 0.3) is 0 Å². The van der Waals surface area contributed by atoms with Crippen molar-refractivity contribution in [1.82, 2.24) is 4.98 Å². The number of fused-ring (bicyclic) bond motifs is 1. The van der Waals surface area contributed by atoms with Gasteiger partial charge in [-0.2, -0.15) is 5.26 Å². The zero-order valence-electron chi connectivity index (χ0n) is 22.2. The van der Waals surface area contributed by atoms with Crippen LogP contribution < -0.4 is 0 Å². The minimum atomic E-state index is 0.596. The van der Waals surface area contributed by atoms with E-state index in [-0.39, 0.29) is 0 Å². The SMILES string of the molecule is N#Cc1ccc(-c2ccc(-c3cccc(-c4nc5c(-c6ccccc6)cc(-c6ccccc6)cc5o4)c3)cc2)cc1. The predicted octanol–water partition coefficient (Wildman–Crippen LogP) is 10.0. The summed E-state index contributed by atoms with van der Waals surface area (Å²) in [6.07, 6.45) is 0. The molecule has 0 radical (unpaired) electrons. The van der Waals surface area contributed by atoms with Crippen molar-refractivity contribution >= 4 is 11.1 Å². The molecule has 0 bridgehead atoms. The van der Waals surface area contributed by atoms with Crippen LogP contribution >= 0.6 is 0 Å². The van der Waals surface area contributed by atoms with Crippen LogP contribution in [-0.4, -0.2) is 4.98 Å². The first-order valence-electron chi connectivity index (χ1n) is 13.5. The number of nitriles is 1. The fourth-order valence-corrected chi connectivity index (χ4v) is 5.21. The first-order valence-corrected chi connectivity index (χ1v) is 13.5. The summed E-state index contributed by atoms with van der Waals surface area (Å²) < 4.78 is 6.43. The molecule has 0 saturated heterocycles. The molecule has 192 valence electrons. The summed E-state index contributed by atoms with van der Waals surface area (Å²) in [7, 11) is 0. The Hall–Kier alpha value is -5.72. The van der Waals surface area contributed by atoms with E-state index in [1.807, 2.05) is 60.7 Å². The van der Waals surface area contributed by atoms with E-state index in [9.17, 15) is 0 Å². The van der Waals surface area contributed by atoms with Crippen molar-refractivity contribution in [1.29, 1.82) is 5.26 Å². The largest absolute Gasteiger partial charge is 0.436 e. The van der Waals surface area contributed by atoms with Crippen LogP contribution in [0.2, 0.25) is 0 Å². The molecule has 0 N–H and O–H groups in total. The van der Waals surface area contributed by atoms with Crippen molar-refractivity contribution in [3.8, 4) is 62.0 Å². The molecule has 7 rings (SSSR count). The molecule has 3 nitrogen and oxygen atoms in total. The number of nitrogens with zero attached hydrogens (tertiary/aromatic N) is 2. The lowest BCUT2D eigenvalue weighted by Gasteiger charge is -2.07. The Kier molecular flexibility index (Phi) is 6.20. The maximum atomic E-state index is 9.07. The monoisotopic (exact) mass is 524 g/mol. The molecule has 6 aromatic carbocycles. The lowest BCUT2D eigenvalue weighted by atomic mass is 9.98. The van der Waals surface area contributed by atoms with Gasteiger partial charge in [0, 0.05) is 11.1 Å². The highest BCUT2D eigenvalue weighted by atomic mass is 16.3. The Morgan fingerprint density at radius 1 is 0.463 bits per heavy atom. The normalized spacial score (nSPS) is 10.9. The number of oxazole rings is 1. The van der Waals surface area contributed by atoms with Gasteiger partial charge in [-0.05, 0) is 75.3 Å². The number of hydrogen-bond donors (Lipinski definition) is 0. The van der Waals surface area contributed by atoms with Crippen LogP contribution in [0.1, 0.15) is 5.56 Å². The van der Waals surface area contributed by atoms with Gasteiger partial charge in [0.05, 0.1) is 11.6 Å². The Bertz CT molecular complexity index is 2020. The summed E-state index contributed by atoms with van der Waals surface area (Å²) >= 11 is 0. The van der Waals surface area contributed by atoms with Gasteiger partial charge in [0.2, 0.25) is 5.89 Å². The number of hydrogen-bond acceptors (Lipinski definition) is 3. The van der Waals surface area contributed by atoms with Gasteiger partial charge < -0.3 is 4.42 Å².